The fourth-order valence-corrected chi connectivity index (χ4v) is 4.68. The molecule has 3 aromatic rings. The van der Waals surface area contributed by atoms with Crippen LogP contribution < -0.4 is 14.4 Å². The lowest BCUT2D eigenvalue weighted by atomic mass is 10.1. The zero-order valence-electron chi connectivity index (χ0n) is 20.6. The number of ether oxygens (including phenoxy) is 3. The van der Waals surface area contributed by atoms with Crippen LogP contribution in [-0.4, -0.2) is 42.2 Å². The van der Waals surface area contributed by atoms with Crippen molar-refractivity contribution in [3.05, 3.63) is 93.0 Å². The lowest BCUT2D eigenvalue weighted by Gasteiger charge is -2.19. The lowest BCUT2D eigenvalue weighted by Crippen LogP contribution is -2.35. The number of carbonyl (C=O) groups excluding carboxylic acids is 2. The van der Waals surface area contributed by atoms with E-state index in [1.54, 1.807) is 42.5 Å². The van der Waals surface area contributed by atoms with Gasteiger partial charge >= 0.3 is 5.97 Å². The molecule has 4 rings (SSSR count). The molecule has 7 nitrogen and oxygen atoms in total. The number of carbonyl (C=O) groups is 2. The molecule has 0 spiro atoms. The molecular formula is C28H24BrClN2O5S. The Labute approximate surface area is 239 Å². The second-order valence-electron chi connectivity index (χ2n) is 8.12. The Morgan fingerprint density at radius 2 is 1.74 bits per heavy atom. The van der Waals surface area contributed by atoms with Gasteiger partial charge in [-0.1, -0.05) is 57.9 Å². The summed E-state index contributed by atoms with van der Waals surface area (Å²) < 4.78 is 17.4. The molecule has 0 bridgehead atoms. The SMILES string of the molecule is CCOc1cc(/C=C2/C(=O)N(c3ccc(Cl)cc3)C(=S)N2CC(=O)OC)c(Br)cc1OCc1ccccc1. The largest absolute Gasteiger partial charge is 0.490 e. The van der Waals surface area contributed by atoms with Crippen molar-refractivity contribution in [2.24, 2.45) is 0 Å². The maximum Gasteiger partial charge on any atom is 0.325 e. The summed E-state index contributed by atoms with van der Waals surface area (Å²) in [6.07, 6.45) is 1.65. The topological polar surface area (TPSA) is 68.3 Å². The summed E-state index contributed by atoms with van der Waals surface area (Å²) in [4.78, 5) is 28.6. The molecule has 1 aliphatic heterocycles. The van der Waals surface area contributed by atoms with Crippen LogP contribution in [0, 0.1) is 0 Å². The first-order valence-corrected chi connectivity index (χ1v) is 13.2. The molecule has 38 heavy (non-hydrogen) atoms. The quantitative estimate of drug-likeness (QED) is 0.161. The molecule has 1 heterocycles. The van der Waals surface area contributed by atoms with Crippen LogP contribution in [0.4, 0.5) is 5.69 Å². The molecule has 1 amide bonds. The zero-order valence-corrected chi connectivity index (χ0v) is 23.8. The summed E-state index contributed by atoms with van der Waals surface area (Å²) in [6.45, 7) is 2.43. The minimum Gasteiger partial charge on any atom is -0.490 e. The molecule has 196 valence electrons. The van der Waals surface area contributed by atoms with Crippen LogP contribution in [0.5, 0.6) is 11.5 Å². The highest BCUT2D eigenvalue weighted by atomic mass is 79.9. The second kappa shape index (κ2) is 12.4. The predicted molar refractivity (Wildman–Crippen MR) is 154 cm³/mol. The van der Waals surface area contributed by atoms with Crippen molar-refractivity contribution in [3.63, 3.8) is 0 Å². The normalized spacial score (nSPS) is 14.3. The van der Waals surface area contributed by atoms with Crippen molar-refractivity contribution in [2.75, 3.05) is 25.2 Å². The van der Waals surface area contributed by atoms with Crippen molar-refractivity contribution in [1.29, 1.82) is 0 Å². The van der Waals surface area contributed by atoms with Gasteiger partial charge in [-0.05, 0) is 72.7 Å². The van der Waals surface area contributed by atoms with Crippen LogP contribution in [0.3, 0.4) is 0 Å². The number of halogens is 2. The van der Waals surface area contributed by atoms with Gasteiger partial charge in [0.15, 0.2) is 16.6 Å². The number of methoxy groups -OCH3 is 1. The fraction of sp³-hybridized carbons (Fsp3) is 0.179. The summed E-state index contributed by atoms with van der Waals surface area (Å²) >= 11 is 15.2. The summed E-state index contributed by atoms with van der Waals surface area (Å²) in [7, 11) is 1.28. The summed E-state index contributed by atoms with van der Waals surface area (Å²) in [5.74, 6) is 0.131. The van der Waals surface area contributed by atoms with Crippen LogP contribution in [0.1, 0.15) is 18.1 Å². The third-order valence-electron chi connectivity index (χ3n) is 5.63. The number of benzene rings is 3. The number of hydrogen-bond acceptors (Lipinski definition) is 6. The zero-order chi connectivity index (χ0) is 27.2. The predicted octanol–water partition coefficient (Wildman–Crippen LogP) is 6.23. The summed E-state index contributed by atoms with van der Waals surface area (Å²) in [6, 6.07) is 20.1. The van der Waals surface area contributed by atoms with Crippen molar-refractivity contribution in [1.82, 2.24) is 4.90 Å². The molecule has 1 aliphatic rings. The van der Waals surface area contributed by atoms with Gasteiger partial charge in [-0.3, -0.25) is 14.5 Å². The van der Waals surface area contributed by atoms with E-state index >= 15 is 0 Å². The van der Waals surface area contributed by atoms with E-state index in [4.69, 9.17) is 38.0 Å². The van der Waals surface area contributed by atoms with E-state index in [9.17, 15) is 9.59 Å². The molecule has 0 aromatic heterocycles. The van der Waals surface area contributed by atoms with Crippen molar-refractivity contribution < 1.29 is 23.8 Å². The third kappa shape index (κ3) is 6.18. The average Bonchev–Trinajstić information content (AvgIpc) is 3.14. The standard InChI is InChI=1S/C28H24BrClN2O5S/c1-3-36-24-14-19(22(29)15-25(24)37-17-18-7-5-4-6-8-18)13-23-27(34)32(21-11-9-20(30)10-12-21)28(38)31(23)16-26(33)35-2/h4-15H,3,16-17H2,1-2H3/b23-13-. The Kier molecular flexibility index (Phi) is 9.04. The average molecular weight is 616 g/mol. The van der Waals surface area contributed by atoms with E-state index in [-0.39, 0.29) is 17.4 Å². The van der Waals surface area contributed by atoms with E-state index in [1.807, 2.05) is 37.3 Å². The molecule has 0 radical (unpaired) electrons. The number of amides is 1. The summed E-state index contributed by atoms with van der Waals surface area (Å²) in [5.41, 5.74) is 2.39. The molecule has 0 aliphatic carbocycles. The van der Waals surface area contributed by atoms with E-state index < -0.39 is 11.9 Å². The number of esters is 1. The fourth-order valence-electron chi connectivity index (χ4n) is 3.77. The van der Waals surface area contributed by atoms with Crippen molar-refractivity contribution >= 4 is 68.5 Å². The lowest BCUT2D eigenvalue weighted by molar-refractivity contribution is -0.140. The van der Waals surface area contributed by atoms with Gasteiger partial charge in [0.05, 0.1) is 19.4 Å². The van der Waals surface area contributed by atoms with Crippen LogP contribution in [-0.2, 0) is 20.9 Å². The van der Waals surface area contributed by atoms with E-state index in [0.717, 1.165) is 5.56 Å². The first-order chi connectivity index (χ1) is 18.3. The van der Waals surface area contributed by atoms with Crippen LogP contribution in [0.15, 0.2) is 76.9 Å². The van der Waals surface area contributed by atoms with Gasteiger partial charge in [0.1, 0.15) is 18.8 Å². The monoisotopic (exact) mass is 614 g/mol. The summed E-state index contributed by atoms with van der Waals surface area (Å²) in [5, 5.41) is 0.674. The Morgan fingerprint density at radius 1 is 1.05 bits per heavy atom. The molecule has 0 N–H and O–H groups in total. The van der Waals surface area contributed by atoms with Gasteiger partial charge in [-0.15, -0.1) is 0 Å². The highest BCUT2D eigenvalue weighted by Gasteiger charge is 2.40. The Morgan fingerprint density at radius 3 is 2.39 bits per heavy atom. The molecule has 0 unspecified atom stereocenters. The number of hydrogen-bond donors (Lipinski definition) is 0. The van der Waals surface area contributed by atoms with Gasteiger partial charge in [0.25, 0.3) is 5.91 Å². The molecule has 1 saturated heterocycles. The van der Waals surface area contributed by atoms with Gasteiger partial charge in [0.2, 0.25) is 0 Å². The molecule has 1 fully saturated rings. The van der Waals surface area contributed by atoms with E-state index in [2.05, 4.69) is 15.9 Å². The second-order valence-corrected chi connectivity index (χ2v) is 9.78. The minimum atomic E-state index is -0.539. The Balaban J connectivity index is 1.72. The minimum absolute atomic E-state index is 0.151. The number of thiocarbonyl (C=S) groups is 1. The molecule has 10 heteroatoms. The van der Waals surface area contributed by atoms with Gasteiger partial charge in [-0.2, -0.15) is 0 Å². The van der Waals surface area contributed by atoms with Crippen LogP contribution in [0.25, 0.3) is 6.08 Å². The maximum atomic E-state index is 13.6. The Bertz CT molecular complexity index is 1380. The molecule has 3 aromatic carbocycles. The van der Waals surface area contributed by atoms with Gasteiger partial charge in [-0.25, -0.2) is 0 Å². The van der Waals surface area contributed by atoms with Gasteiger partial charge in [0, 0.05) is 9.50 Å². The highest BCUT2D eigenvalue weighted by Crippen LogP contribution is 2.37. The van der Waals surface area contributed by atoms with Gasteiger partial charge < -0.3 is 19.1 Å². The highest BCUT2D eigenvalue weighted by molar-refractivity contribution is 9.10. The smallest absolute Gasteiger partial charge is 0.325 e. The van der Waals surface area contributed by atoms with Crippen molar-refractivity contribution in [2.45, 2.75) is 13.5 Å². The molecule has 0 atom stereocenters. The van der Waals surface area contributed by atoms with Crippen LogP contribution >= 0.6 is 39.7 Å². The Hall–Kier alpha value is -3.40. The third-order valence-corrected chi connectivity index (χ3v) is 6.97. The first kappa shape index (κ1) is 27.6. The van der Waals surface area contributed by atoms with E-state index in [1.165, 1.54) is 16.9 Å². The first-order valence-electron chi connectivity index (χ1n) is 11.7. The van der Waals surface area contributed by atoms with E-state index in [0.29, 0.717) is 45.5 Å². The maximum absolute atomic E-state index is 13.6. The number of nitrogens with zero attached hydrogens (tertiary/aromatic N) is 2. The van der Waals surface area contributed by atoms with Crippen molar-refractivity contribution in [3.8, 4) is 11.5 Å². The number of rotatable bonds is 9. The van der Waals surface area contributed by atoms with Crippen LogP contribution in [0.2, 0.25) is 5.02 Å². The molecule has 0 saturated carbocycles. The number of anilines is 1. The molecular weight excluding hydrogens is 592 g/mol.